The van der Waals surface area contributed by atoms with E-state index in [1.165, 1.54) is 5.56 Å². The van der Waals surface area contributed by atoms with Gasteiger partial charge in [0.2, 0.25) is 5.89 Å². The zero-order valence-corrected chi connectivity index (χ0v) is 19.8. The second-order valence-electron chi connectivity index (χ2n) is 8.08. The standard InChI is InChI=1S/C27H27ClN2O3/c1-4-13-32-21-8-6-7-19(14-21)26(31)29-23-16-20(9-11-22(23)28)27-30-24-15-18(17(3)5-2)10-12-25(24)33-27/h6-12,14-17H,4-5,13H2,1-3H3,(H,29,31)/t17-/m1/s1. The fraction of sp³-hybridized carbons (Fsp3) is 0.259. The van der Waals surface area contributed by atoms with Crippen molar-refractivity contribution in [2.45, 2.75) is 39.5 Å². The maximum atomic E-state index is 12.8. The number of benzene rings is 3. The summed E-state index contributed by atoms with van der Waals surface area (Å²) in [5, 5.41) is 3.32. The molecule has 1 amide bonds. The molecule has 0 spiro atoms. The third-order valence-electron chi connectivity index (χ3n) is 5.62. The first-order valence-electron chi connectivity index (χ1n) is 11.2. The number of hydrogen-bond acceptors (Lipinski definition) is 4. The van der Waals surface area contributed by atoms with Crippen molar-refractivity contribution in [3.8, 4) is 17.2 Å². The molecule has 5 nitrogen and oxygen atoms in total. The number of nitrogens with one attached hydrogen (secondary N) is 1. The van der Waals surface area contributed by atoms with E-state index in [9.17, 15) is 4.79 Å². The van der Waals surface area contributed by atoms with Crippen molar-refractivity contribution < 1.29 is 13.9 Å². The number of nitrogens with zero attached hydrogens (tertiary/aromatic N) is 1. The average Bonchev–Trinajstić information content (AvgIpc) is 3.27. The molecule has 0 unspecified atom stereocenters. The predicted octanol–water partition coefficient (Wildman–Crippen LogP) is 7.70. The zero-order chi connectivity index (χ0) is 23.4. The second-order valence-corrected chi connectivity index (χ2v) is 8.49. The van der Waals surface area contributed by atoms with Crippen molar-refractivity contribution in [1.29, 1.82) is 0 Å². The Balaban J connectivity index is 1.58. The molecule has 4 rings (SSSR count). The Morgan fingerprint density at radius 1 is 1.12 bits per heavy atom. The van der Waals surface area contributed by atoms with Gasteiger partial charge in [0.15, 0.2) is 5.58 Å². The lowest BCUT2D eigenvalue weighted by molar-refractivity contribution is 0.102. The number of oxazole rings is 1. The van der Waals surface area contributed by atoms with E-state index < -0.39 is 0 Å². The van der Waals surface area contributed by atoms with Crippen LogP contribution in [-0.2, 0) is 0 Å². The maximum absolute atomic E-state index is 12.8. The minimum atomic E-state index is -0.272. The molecule has 0 fully saturated rings. The van der Waals surface area contributed by atoms with Gasteiger partial charge in [0.1, 0.15) is 11.3 Å². The molecule has 1 atom stereocenters. The van der Waals surface area contributed by atoms with Crippen LogP contribution in [0.5, 0.6) is 5.75 Å². The first-order valence-corrected chi connectivity index (χ1v) is 11.6. The Morgan fingerprint density at radius 2 is 1.97 bits per heavy atom. The maximum Gasteiger partial charge on any atom is 0.255 e. The number of amides is 1. The molecule has 0 saturated heterocycles. The van der Waals surface area contributed by atoms with E-state index in [1.807, 2.05) is 25.1 Å². The summed E-state index contributed by atoms with van der Waals surface area (Å²) in [6.07, 6.45) is 1.96. The van der Waals surface area contributed by atoms with Gasteiger partial charge in [-0.3, -0.25) is 4.79 Å². The molecule has 0 aliphatic rings. The number of fused-ring (bicyclic) bond motifs is 1. The number of hydrogen-bond donors (Lipinski definition) is 1. The smallest absolute Gasteiger partial charge is 0.255 e. The average molecular weight is 463 g/mol. The molecule has 6 heteroatoms. The minimum Gasteiger partial charge on any atom is -0.494 e. The fourth-order valence-corrected chi connectivity index (χ4v) is 3.67. The van der Waals surface area contributed by atoms with Gasteiger partial charge in [0, 0.05) is 11.1 Å². The molecule has 170 valence electrons. The van der Waals surface area contributed by atoms with E-state index >= 15 is 0 Å². The summed E-state index contributed by atoms with van der Waals surface area (Å²) in [5.74, 6) is 1.32. The Labute approximate surface area is 198 Å². The summed E-state index contributed by atoms with van der Waals surface area (Å²) in [5.41, 5.74) is 4.48. The third-order valence-corrected chi connectivity index (χ3v) is 5.95. The minimum absolute atomic E-state index is 0.272. The summed E-state index contributed by atoms with van der Waals surface area (Å²) < 4.78 is 11.6. The lowest BCUT2D eigenvalue weighted by Crippen LogP contribution is -2.12. The van der Waals surface area contributed by atoms with Crippen molar-refractivity contribution in [1.82, 2.24) is 4.98 Å². The molecule has 0 saturated carbocycles. The van der Waals surface area contributed by atoms with Gasteiger partial charge in [0.05, 0.1) is 17.3 Å². The molecule has 0 bridgehead atoms. The number of anilines is 1. The van der Waals surface area contributed by atoms with Crippen molar-refractivity contribution in [3.05, 3.63) is 76.8 Å². The van der Waals surface area contributed by atoms with E-state index in [2.05, 4.69) is 36.3 Å². The van der Waals surface area contributed by atoms with Gasteiger partial charge in [-0.25, -0.2) is 4.98 Å². The van der Waals surface area contributed by atoms with E-state index in [-0.39, 0.29) is 5.91 Å². The highest BCUT2D eigenvalue weighted by molar-refractivity contribution is 6.34. The van der Waals surface area contributed by atoms with E-state index in [0.29, 0.717) is 40.4 Å². The van der Waals surface area contributed by atoms with Gasteiger partial charge in [-0.05, 0) is 72.9 Å². The molecule has 1 N–H and O–H groups in total. The Hall–Kier alpha value is -3.31. The first-order chi connectivity index (χ1) is 16.0. The molecular formula is C27H27ClN2O3. The molecule has 1 aromatic heterocycles. The third kappa shape index (κ3) is 5.20. The Kier molecular flexibility index (Phi) is 6.99. The van der Waals surface area contributed by atoms with Crippen LogP contribution in [0.1, 0.15) is 55.5 Å². The van der Waals surface area contributed by atoms with Gasteiger partial charge in [-0.2, -0.15) is 0 Å². The second kappa shape index (κ2) is 10.1. The van der Waals surface area contributed by atoms with Crippen molar-refractivity contribution in [2.24, 2.45) is 0 Å². The highest BCUT2D eigenvalue weighted by atomic mass is 35.5. The number of carbonyl (C=O) groups excluding carboxylic acids is 1. The number of halogens is 1. The van der Waals surface area contributed by atoms with Crippen LogP contribution in [0, 0.1) is 0 Å². The number of ether oxygens (including phenoxy) is 1. The summed E-state index contributed by atoms with van der Waals surface area (Å²) in [4.78, 5) is 17.5. The Morgan fingerprint density at radius 3 is 2.76 bits per heavy atom. The monoisotopic (exact) mass is 462 g/mol. The largest absolute Gasteiger partial charge is 0.494 e. The van der Waals surface area contributed by atoms with Crippen molar-refractivity contribution in [2.75, 3.05) is 11.9 Å². The summed E-state index contributed by atoms with van der Waals surface area (Å²) >= 11 is 6.37. The van der Waals surface area contributed by atoms with E-state index in [4.69, 9.17) is 20.8 Å². The highest BCUT2D eigenvalue weighted by Gasteiger charge is 2.15. The van der Waals surface area contributed by atoms with Gasteiger partial charge in [-0.15, -0.1) is 0 Å². The number of rotatable bonds is 8. The van der Waals surface area contributed by atoms with Crippen LogP contribution in [0.4, 0.5) is 5.69 Å². The van der Waals surface area contributed by atoms with Crippen LogP contribution in [0.15, 0.2) is 65.1 Å². The predicted molar refractivity (Wildman–Crippen MR) is 133 cm³/mol. The first kappa shape index (κ1) is 22.9. The van der Waals surface area contributed by atoms with Crippen LogP contribution in [-0.4, -0.2) is 17.5 Å². The van der Waals surface area contributed by atoms with Gasteiger partial charge in [0.25, 0.3) is 5.91 Å². The zero-order valence-electron chi connectivity index (χ0n) is 19.0. The summed E-state index contributed by atoms with van der Waals surface area (Å²) in [6.45, 7) is 7.00. The summed E-state index contributed by atoms with van der Waals surface area (Å²) in [7, 11) is 0. The fourth-order valence-electron chi connectivity index (χ4n) is 3.51. The van der Waals surface area contributed by atoms with Crippen molar-refractivity contribution in [3.63, 3.8) is 0 Å². The molecule has 33 heavy (non-hydrogen) atoms. The molecule has 1 heterocycles. The Bertz CT molecular complexity index is 1280. The van der Waals surface area contributed by atoms with Crippen LogP contribution in [0.2, 0.25) is 5.02 Å². The molecular weight excluding hydrogens is 436 g/mol. The van der Waals surface area contributed by atoms with Crippen LogP contribution in [0.3, 0.4) is 0 Å². The lowest BCUT2D eigenvalue weighted by atomic mass is 9.98. The normalized spacial score (nSPS) is 12.0. The van der Waals surface area contributed by atoms with Gasteiger partial charge in [-0.1, -0.05) is 44.5 Å². The van der Waals surface area contributed by atoms with Gasteiger partial charge < -0.3 is 14.5 Å². The SMILES string of the molecule is CCCOc1cccc(C(=O)Nc2cc(-c3nc4cc([C@H](C)CC)ccc4o3)ccc2Cl)c1. The molecule has 4 aromatic rings. The van der Waals surface area contributed by atoms with E-state index in [1.54, 1.807) is 30.3 Å². The number of aromatic nitrogens is 1. The molecule has 0 aliphatic heterocycles. The quantitative estimate of drug-likeness (QED) is 0.291. The molecule has 0 aliphatic carbocycles. The van der Waals surface area contributed by atoms with Crippen LogP contribution < -0.4 is 10.1 Å². The van der Waals surface area contributed by atoms with E-state index in [0.717, 1.165) is 29.5 Å². The number of carbonyl (C=O) groups is 1. The highest BCUT2D eigenvalue weighted by Crippen LogP contribution is 2.32. The molecule has 3 aromatic carbocycles. The molecule has 0 radical (unpaired) electrons. The van der Waals surface area contributed by atoms with Crippen molar-refractivity contribution >= 4 is 34.3 Å². The summed E-state index contributed by atoms with van der Waals surface area (Å²) in [6, 6.07) is 18.5. The van der Waals surface area contributed by atoms with Crippen LogP contribution >= 0.6 is 11.6 Å². The van der Waals surface area contributed by atoms with Crippen LogP contribution in [0.25, 0.3) is 22.6 Å². The van der Waals surface area contributed by atoms with Gasteiger partial charge >= 0.3 is 0 Å². The lowest BCUT2D eigenvalue weighted by Gasteiger charge is -2.10. The topological polar surface area (TPSA) is 64.4 Å².